The number of rotatable bonds is 1. The van der Waals surface area contributed by atoms with Crippen LogP contribution < -0.4 is 0 Å². The zero-order valence-corrected chi connectivity index (χ0v) is 15.7. The first-order valence-electron chi connectivity index (χ1n) is 9.54. The lowest BCUT2D eigenvalue weighted by Gasteiger charge is -2.08. The molecule has 0 saturated heterocycles. The second-order valence-electron chi connectivity index (χ2n) is 7.46. The third kappa shape index (κ3) is 1.97. The molecule has 0 bridgehead atoms. The zero-order valence-electron chi connectivity index (χ0n) is 15.7. The van der Waals surface area contributed by atoms with Gasteiger partial charge in [-0.3, -0.25) is 0 Å². The molecule has 0 spiro atoms. The molecule has 2 heterocycles. The summed E-state index contributed by atoms with van der Waals surface area (Å²) in [6, 6.07) is 25.3. The van der Waals surface area contributed by atoms with E-state index in [2.05, 4.69) is 62.4 Å². The summed E-state index contributed by atoms with van der Waals surface area (Å²) < 4.78 is 12.5. The summed E-state index contributed by atoms with van der Waals surface area (Å²) in [6.45, 7) is 4.21. The zero-order chi connectivity index (χ0) is 18.8. The van der Waals surface area contributed by atoms with E-state index in [4.69, 9.17) is 8.83 Å². The molecule has 0 radical (unpaired) electrons. The smallest absolute Gasteiger partial charge is 0.138 e. The van der Waals surface area contributed by atoms with Gasteiger partial charge in [0.1, 0.15) is 22.3 Å². The Morgan fingerprint density at radius 3 is 1.39 bits per heavy atom. The summed E-state index contributed by atoms with van der Waals surface area (Å²) in [5.41, 5.74) is 8.43. The molecule has 4 aromatic carbocycles. The Morgan fingerprint density at radius 2 is 0.929 bits per heavy atom. The normalized spacial score (nSPS) is 11.9. The molecule has 2 aromatic heterocycles. The third-order valence-corrected chi connectivity index (χ3v) is 5.74. The van der Waals surface area contributed by atoms with Crippen LogP contribution in [0.4, 0.5) is 0 Å². The monoisotopic (exact) mass is 362 g/mol. The first-order chi connectivity index (χ1) is 13.7. The lowest BCUT2D eigenvalue weighted by Crippen LogP contribution is -1.85. The highest BCUT2D eigenvalue weighted by Gasteiger charge is 2.19. The van der Waals surface area contributed by atoms with Crippen molar-refractivity contribution in [3.63, 3.8) is 0 Å². The van der Waals surface area contributed by atoms with E-state index in [-0.39, 0.29) is 0 Å². The van der Waals surface area contributed by atoms with E-state index in [1.165, 1.54) is 21.9 Å². The molecular weight excluding hydrogens is 344 g/mol. The van der Waals surface area contributed by atoms with Crippen molar-refractivity contribution in [1.82, 2.24) is 0 Å². The maximum Gasteiger partial charge on any atom is 0.138 e. The van der Waals surface area contributed by atoms with Gasteiger partial charge in [0.15, 0.2) is 0 Å². The predicted octanol–water partition coefficient (Wildman–Crippen LogP) is 7.77. The summed E-state index contributed by atoms with van der Waals surface area (Å²) in [5.74, 6) is 0. The molecule has 0 N–H and O–H groups in total. The van der Waals surface area contributed by atoms with E-state index >= 15 is 0 Å². The van der Waals surface area contributed by atoms with Gasteiger partial charge in [-0.15, -0.1) is 0 Å². The number of hydrogen-bond acceptors (Lipinski definition) is 2. The number of benzene rings is 4. The predicted molar refractivity (Wildman–Crippen MR) is 116 cm³/mol. The molecule has 0 aliphatic heterocycles. The van der Waals surface area contributed by atoms with E-state index in [0.717, 1.165) is 44.2 Å². The number of hydrogen-bond donors (Lipinski definition) is 0. The highest BCUT2D eigenvalue weighted by Crippen LogP contribution is 2.43. The molecule has 28 heavy (non-hydrogen) atoms. The molecule has 0 saturated carbocycles. The van der Waals surface area contributed by atoms with Gasteiger partial charge in [-0.1, -0.05) is 60.7 Å². The largest absolute Gasteiger partial charge is 0.456 e. The van der Waals surface area contributed by atoms with E-state index in [1.807, 2.05) is 24.3 Å². The van der Waals surface area contributed by atoms with Crippen LogP contribution in [-0.2, 0) is 0 Å². The average Bonchev–Trinajstić information content (AvgIpc) is 3.30. The minimum absolute atomic E-state index is 0.924. The van der Waals surface area contributed by atoms with Crippen molar-refractivity contribution in [2.75, 3.05) is 0 Å². The van der Waals surface area contributed by atoms with E-state index in [1.54, 1.807) is 0 Å². The molecule has 0 fully saturated rings. The summed E-state index contributed by atoms with van der Waals surface area (Å²) in [7, 11) is 0. The van der Waals surface area contributed by atoms with Gasteiger partial charge >= 0.3 is 0 Å². The molecule has 6 rings (SSSR count). The maximum atomic E-state index is 6.23. The standard InChI is InChI=1S/C26H18O2/c1-15-11-13-17(23-19-7-3-5-9-21(19)27-25(15)23)18-14-12-16(2)26-24(18)20-8-4-6-10-22(20)28-26/h3-14H,1-2H3. The highest BCUT2D eigenvalue weighted by atomic mass is 16.3. The number of furan rings is 2. The van der Waals surface area contributed by atoms with Gasteiger partial charge in [0.05, 0.1) is 0 Å². The minimum atomic E-state index is 0.924. The van der Waals surface area contributed by atoms with Crippen molar-refractivity contribution in [2.24, 2.45) is 0 Å². The molecular formula is C26H18O2. The molecule has 0 aliphatic rings. The lowest BCUT2D eigenvalue weighted by atomic mass is 9.93. The summed E-state index contributed by atoms with van der Waals surface area (Å²) in [6.07, 6.45) is 0. The Labute approximate surface area is 162 Å². The SMILES string of the molecule is Cc1ccc(-c2ccc(C)c3oc4ccccc4c23)c2c1oc1ccccc12. The molecule has 0 unspecified atom stereocenters. The van der Waals surface area contributed by atoms with Gasteiger partial charge in [-0.25, -0.2) is 0 Å². The molecule has 0 atom stereocenters. The fraction of sp³-hybridized carbons (Fsp3) is 0.0769. The molecule has 134 valence electrons. The molecule has 2 nitrogen and oxygen atoms in total. The van der Waals surface area contributed by atoms with Gasteiger partial charge < -0.3 is 8.83 Å². The minimum Gasteiger partial charge on any atom is -0.456 e. The molecule has 6 aromatic rings. The van der Waals surface area contributed by atoms with Gasteiger partial charge in [0.2, 0.25) is 0 Å². The van der Waals surface area contributed by atoms with Crippen molar-refractivity contribution in [1.29, 1.82) is 0 Å². The van der Waals surface area contributed by atoms with Crippen molar-refractivity contribution >= 4 is 43.9 Å². The molecule has 0 aliphatic carbocycles. The summed E-state index contributed by atoms with van der Waals surface area (Å²) >= 11 is 0. The van der Waals surface area contributed by atoms with E-state index in [9.17, 15) is 0 Å². The van der Waals surface area contributed by atoms with Gasteiger partial charge in [-0.2, -0.15) is 0 Å². The van der Waals surface area contributed by atoms with Gasteiger partial charge in [0, 0.05) is 21.5 Å². The topological polar surface area (TPSA) is 26.3 Å². The first kappa shape index (κ1) is 15.5. The lowest BCUT2D eigenvalue weighted by molar-refractivity contribution is 0.665. The van der Waals surface area contributed by atoms with Crippen LogP contribution in [0.3, 0.4) is 0 Å². The van der Waals surface area contributed by atoms with Crippen LogP contribution in [0.15, 0.2) is 81.6 Å². The molecule has 0 amide bonds. The average molecular weight is 362 g/mol. The fourth-order valence-corrected chi connectivity index (χ4v) is 4.36. The van der Waals surface area contributed by atoms with Crippen LogP contribution in [0, 0.1) is 13.8 Å². The van der Waals surface area contributed by atoms with Crippen LogP contribution in [0.5, 0.6) is 0 Å². The second kappa shape index (κ2) is 5.49. The van der Waals surface area contributed by atoms with E-state index in [0.29, 0.717) is 0 Å². The van der Waals surface area contributed by atoms with Crippen LogP contribution in [-0.4, -0.2) is 0 Å². The Hall–Kier alpha value is -3.52. The second-order valence-corrected chi connectivity index (χ2v) is 7.46. The van der Waals surface area contributed by atoms with Crippen molar-refractivity contribution in [3.05, 3.63) is 83.9 Å². The summed E-state index contributed by atoms with van der Waals surface area (Å²) in [4.78, 5) is 0. The molecule has 2 heteroatoms. The Balaban J connectivity index is 1.84. The Kier molecular flexibility index (Phi) is 3.05. The van der Waals surface area contributed by atoms with Crippen LogP contribution >= 0.6 is 0 Å². The van der Waals surface area contributed by atoms with E-state index < -0.39 is 0 Å². The quantitative estimate of drug-likeness (QED) is 0.299. The van der Waals surface area contributed by atoms with Crippen LogP contribution in [0.2, 0.25) is 0 Å². The van der Waals surface area contributed by atoms with Crippen molar-refractivity contribution in [2.45, 2.75) is 13.8 Å². The van der Waals surface area contributed by atoms with Gasteiger partial charge in [-0.05, 0) is 48.2 Å². The van der Waals surface area contributed by atoms with Crippen LogP contribution in [0.1, 0.15) is 11.1 Å². The number of aryl methyl sites for hydroxylation is 2. The Bertz CT molecular complexity index is 1410. The van der Waals surface area contributed by atoms with Crippen LogP contribution in [0.25, 0.3) is 55.0 Å². The van der Waals surface area contributed by atoms with Gasteiger partial charge in [0.25, 0.3) is 0 Å². The number of para-hydroxylation sites is 2. The fourth-order valence-electron chi connectivity index (χ4n) is 4.36. The summed E-state index contributed by atoms with van der Waals surface area (Å²) in [5, 5.41) is 4.65. The Morgan fingerprint density at radius 1 is 0.500 bits per heavy atom. The maximum absolute atomic E-state index is 6.23. The third-order valence-electron chi connectivity index (χ3n) is 5.74. The highest BCUT2D eigenvalue weighted by molar-refractivity contribution is 6.20. The first-order valence-corrected chi connectivity index (χ1v) is 9.54. The van der Waals surface area contributed by atoms with Crippen molar-refractivity contribution < 1.29 is 8.83 Å². The number of fused-ring (bicyclic) bond motifs is 6. The van der Waals surface area contributed by atoms with Crippen molar-refractivity contribution in [3.8, 4) is 11.1 Å².